The zero-order valence-corrected chi connectivity index (χ0v) is 73.6. The van der Waals surface area contributed by atoms with Gasteiger partial charge < -0.3 is 65.3 Å². The molecule has 0 fully saturated rings. The summed E-state index contributed by atoms with van der Waals surface area (Å²) in [4.78, 5) is 35.4. The number of benzene rings is 10. The van der Waals surface area contributed by atoms with Crippen molar-refractivity contribution >= 4 is 123 Å². The topological polar surface area (TPSA) is 192 Å². The van der Waals surface area contributed by atoms with E-state index in [-0.39, 0.29) is 66.0 Å². The molecular weight excluding hydrogens is 1820 g/mol. The molecule has 14 aromatic heterocycles. The number of hydrogen-bond acceptors (Lipinski definition) is 14. The molecule has 0 saturated carbocycles. The standard InChI is InChI=1S/C32H20N4O.C28H17N3.C27H21N5O2.C18H10N4OS.4Ni/c1-2-10-25(11-3-1)36(27-13-4-8-24(20-27)29-15-6-16-30-31(29)34-22-37-30)28-14-5-12-26(21-28)35-19-17-23-9-7-18-33-32(23)35;1-2-13-27-23(10-1)24-15-14-21(26-12-4-6-17-30-26)19-28(24)31(27)22-9-7-8-20(18-22)25-11-3-5-16-29-25;1-30-15-23(25-26(30)31(2)17-28-25)19-8-6-12-22(14-19)32(21-10-4-3-5-11-21)13-7-9-20-16-33-27-24(20)29-18-34-27;1-3-13(9-14(4-1)22-7-2-6-20-22)21-8-5-17-16(21)10-18(23-17)15-11-24-12-19-15;;;;/h1-19,22H;1-17H;3-6,8-12,15-18H,13H2,1-2H3;1-8,11-12H;;;;/q4*-2;3*+2;+3. The van der Waals surface area contributed by atoms with E-state index < -0.39 is 0 Å². The van der Waals surface area contributed by atoms with Crippen molar-refractivity contribution in [2.24, 2.45) is 14.1 Å². The molecule has 637 valence electrons. The smallest absolute Gasteiger partial charge is 0.536 e. The number of aromatic nitrogens is 14. The summed E-state index contributed by atoms with van der Waals surface area (Å²) in [6, 6.07) is 116. The summed E-state index contributed by atoms with van der Waals surface area (Å²) in [5, 5.41) is 9.64. The molecule has 20 nitrogen and oxygen atoms in total. The Morgan fingerprint density at radius 2 is 1.15 bits per heavy atom. The summed E-state index contributed by atoms with van der Waals surface area (Å²) in [7, 11) is 4.04. The van der Waals surface area contributed by atoms with E-state index in [1.165, 1.54) is 29.5 Å². The number of anilines is 5. The molecule has 130 heavy (non-hydrogen) atoms. The zero-order chi connectivity index (χ0) is 84.2. The second kappa shape index (κ2) is 39.0. The third-order valence-electron chi connectivity index (χ3n) is 21.5. The minimum atomic E-state index is 0. The van der Waals surface area contributed by atoms with Gasteiger partial charge in [-0.25, -0.2) is 26.0 Å². The molecule has 0 N–H and O–H groups in total. The van der Waals surface area contributed by atoms with E-state index in [2.05, 4.69) is 233 Å². The van der Waals surface area contributed by atoms with Gasteiger partial charge in [0.25, 0.3) is 5.78 Å². The van der Waals surface area contributed by atoms with E-state index in [1.807, 2.05) is 236 Å². The van der Waals surface area contributed by atoms with Crippen LogP contribution < -0.4 is 19.4 Å². The number of para-hydroxylation sites is 4. The molecule has 0 amide bonds. The number of furan rings is 2. The first kappa shape index (κ1) is 87.0. The first-order valence-corrected chi connectivity index (χ1v) is 41.3. The van der Waals surface area contributed by atoms with Crippen molar-refractivity contribution in [3.8, 4) is 79.0 Å². The van der Waals surface area contributed by atoms with Crippen LogP contribution in [0.15, 0.2) is 376 Å². The minimum absolute atomic E-state index is 0. The van der Waals surface area contributed by atoms with E-state index in [1.54, 1.807) is 22.7 Å². The van der Waals surface area contributed by atoms with Gasteiger partial charge in [0.2, 0.25) is 0 Å². The molecule has 0 unspecified atom stereocenters. The number of pyridine rings is 3. The summed E-state index contributed by atoms with van der Waals surface area (Å²) in [5.41, 5.74) is 28.6. The van der Waals surface area contributed by atoms with Crippen molar-refractivity contribution in [3.63, 3.8) is 0 Å². The second-order valence-electron chi connectivity index (χ2n) is 29.3. The van der Waals surface area contributed by atoms with Gasteiger partial charge in [-0.05, 0) is 148 Å². The van der Waals surface area contributed by atoms with Crippen molar-refractivity contribution in [2.45, 2.75) is 0 Å². The molecule has 0 bridgehead atoms. The largest absolute Gasteiger partial charge is 3.00 e. The maximum absolute atomic E-state index is 5.85. The van der Waals surface area contributed by atoms with Gasteiger partial charge in [0.15, 0.2) is 12.8 Å². The first-order chi connectivity index (χ1) is 62.3. The Bertz CT molecular complexity index is 7980. The molecular formula is C105H68N16Ni4O4S+. The molecule has 0 saturated heterocycles. The fourth-order valence-corrected chi connectivity index (χ4v) is 16.2. The van der Waals surface area contributed by atoms with Crippen LogP contribution in [0.5, 0.6) is 0 Å². The number of rotatable bonds is 17. The van der Waals surface area contributed by atoms with Crippen LogP contribution in [-0.2, 0) is 80.1 Å². The summed E-state index contributed by atoms with van der Waals surface area (Å²) in [6.45, 7) is 0.516. The van der Waals surface area contributed by atoms with Crippen LogP contribution in [0, 0.1) is 48.5 Å². The van der Waals surface area contributed by atoms with Crippen molar-refractivity contribution in [1.29, 1.82) is 0 Å². The van der Waals surface area contributed by atoms with Crippen LogP contribution in [0.4, 0.5) is 28.4 Å². The molecule has 24 rings (SSSR count). The Kier molecular flexibility index (Phi) is 26.1. The van der Waals surface area contributed by atoms with E-state index >= 15 is 0 Å². The van der Waals surface area contributed by atoms with Crippen molar-refractivity contribution in [1.82, 2.24) is 62.9 Å². The predicted molar refractivity (Wildman–Crippen MR) is 492 cm³/mol. The Morgan fingerprint density at radius 1 is 0.485 bits per heavy atom. The van der Waals surface area contributed by atoms with Gasteiger partial charge >= 0.3 is 66.0 Å². The number of imidazole rings is 1. The van der Waals surface area contributed by atoms with Gasteiger partial charge in [-0.15, -0.1) is 173 Å². The summed E-state index contributed by atoms with van der Waals surface area (Å²) in [6.07, 6.45) is 26.8. The van der Waals surface area contributed by atoms with E-state index in [4.69, 9.17) is 17.7 Å². The maximum Gasteiger partial charge on any atom is 3.00 e. The van der Waals surface area contributed by atoms with Gasteiger partial charge in [-0.2, -0.15) is 17.2 Å². The predicted octanol–water partition coefficient (Wildman–Crippen LogP) is 23.4. The number of fused-ring (bicyclic) bond motifs is 8. The molecule has 14 heterocycles. The summed E-state index contributed by atoms with van der Waals surface area (Å²) in [5.74, 6) is 1.07. The van der Waals surface area contributed by atoms with Crippen molar-refractivity contribution in [2.75, 3.05) is 16.3 Å². The third-order valence-corrected chi connectivity index (χ3v) is 22.1. The van der Waals surface area contributed by atoms with Gasteiger partial charge in [0.05, 0.1) is 28.4 Å². The van der Waals surface area contributed by atoms with E-state index in [0.717, 1.165) is 168 Å². The number of oxazole rings is 2. The van der Waals surface area contributed by atoms with Crippen molar-refractivity contribution in [3.05, 3.63) is 413 Å². The van der Waals surface area contributed by atoms with Crippen LogP contribution >= 0.6 is 11.3 Å². The maximum atomic E-state index is 5.85. The van der Waals surface area contributed by atoms with Crippen molar-refractivity contribution < 1.29 is 88.2 Å². The normalized spacial score (nSPS) is 11.1. The first-order valence-electron chi connectivity index (χ1n) is 40.4. The van der Waals surface area contributed by atoms with Crippen LogP contribution in [0.3, 0.4) is 0 Å². The number of hydrogen-bond donors (Lipinski definition) is 0. The quantitative estimate of drug-likeness (QED) is 0.0475. The molecule has 24 aromatic rings. The summed E-state index contributed by atoms with van der Waals surface area (Å²) >= 11 is 1.53. The van der Waals surface area contributed by atoms with Gasteiger partial charge in [0, 0.05) is 96.9 Å². The molecule has 0 aliphatic rings. The number of thiazole rings is 1. The van der Waals surface area contributed by atoms with Crippen LogP contribution in [0.1, 0.15) is 5.56 Å². The second-order valence-corrected chi connectivity index (χ2v) is 30.0. The average molecular weight is 1880 g/mol. The van der Waals surface area contributed by atoms with Gasteiger partial charge in [0.1, 0.15) is 16.9 Å². The van der Waals surface area contributed by atoms with Gasteiger partial charge in [-0.1, -0.05) is 131 Å². The van der Waals surface area contributed by atoms with E-state index in [0.29, 0.717) is 23.6 Å². The fraction of sp³-hybridized carbons (Fsp3) is 0.0286. The molecule has 1 radical (unpaired) electrons. The monoisotopic (exact) mass is 1880 g/mol. The molecule has 0 aliphatic carbocycles. The molecule has 0 atom stereocenters. The van der Waals surface area contributed by atoms with E-state index in [9.17, 15) is 0 Å². The molecule has 0 spiro atoms. The Hall–Kier alpha value is -15.1. The Balaban J connectivity index is 0.000000121. The zero-order valence-electron chi connectivity index (χ0n) is 68.8. The van der Waals surface area contributed by atoms with Gasteiger partial charge in [-0.3, -0.25) is 10.8 Å². The van der Waals surface area contributed by atoms with Crippen LogP contribution in [0.25, 0.3) is 163 Å². The molecule has 10 aromatic carbocycles. The SMILES string of the molecule is Cn1cc(-c2[c-]c(N(C[C-]=Cc3coc4ocnc34)c3ccccc3)ccc2)c2[n-]c[n+](C)c21.[Ni+2].[Ni+2].[Ni+2].[Ni+3].[c-]1c(-c2cccc3ocnc23)cccc1N(c1[c-]c(-n2ccc3cccnc32)ccc1)c1ccccc1.[c-]1c(-c2ccccn2)cccc1-n1c2[c-]c(-c3ccccn3)ccc2c2ccccc21.[c-]1c(-n2cccn2)cccc1-n1ccc2oc(-c3cscn3)[c-]c21. The number of aryl methyl sites for hydroxylation is 2. The number of nitrogens with zero attached hydrogens (tertiary/aromatic N) is 16. The van der Waals surface area contributed by atoms with Crippen LogP contribution in [-0.4, -0.2) is 64.5 Å². The average Bonchev–Trinajstić information content (AvgIpc) is 1.59. The summed E-state index contributed by atoms with van der Waals surface area (Å²) < 4.78 is 34.2. The molecule has 0 aliphatic heterocycles. The Labute approximate surface area is 790 Å². The van der Waals surface area contributed by atoms with Crippen LogP contribution in [0.2, 0.25) is 0 Å². The molecule has 25 heteroatoms. The third kappa shape index (κ3) is 17.6. The minimum Gasteiger partial charge on any atom is -0.536 e. The Morgan fingerprint density at radius 3 is 1.94 bits per heavy atom. The fourth-order valence-electron chi connectivity index (χ4n) is 15.7.